The molecule has 2 atom stereocenters. The predicted molar refractivity (Wildman–Crippen MR) is 96.9 cm³/mol. The van der Waals surface area contributed by atoms with E-state index in [1.165, 1.54) is 31.3 Å². The minimum Gasteiger partial charge on any atom is -0.257 e. The van der Waals surface area contributed by atoms with Gasteiger partial charge in [-0.2, -0.15) is 0 Å². The third-order valence-corrected chi connectivity index (χ3v) is 4.14. The molecular formula is C20H35N. The second kappa shape index (κ2) is 12.7. The summed E-state index contributed by atoms with van der Waals surface area (Å²) in [5, 5.41) is 0. The Morgan fingerprint density at radius 2 is 1.86 bits per heavy atom. The van der Waals surface area contributed by atoms with E-state index in [4.69, 9.17) is 0 Å². The van der Waals surface area contributed by atoms with Crippen LogP contribution in [0.25, 0.3) is 0 Å². The van der Waals surface area contributed by atoms with Gasteiger partial charge in [0.15, 0.2) is 0 Å². The summed E-state index contributed by atoms with van der Waals surface area (Å²) >= 11 is 0. The van der Waals surface area contributed by atoms with E-state index in [0.717, 1.165) is 25.0 Å². The van der Waals surface area contributed by atoms with Crippen molar-refractivity contribution in [3.8, 4) is 0 Å². The third-order valence-electron chi connectivity index (χ3n) is 4.14. The molecule has 0 rings (SSSR count). The third kappa shape index (κ3) is 8.73. The Balaban J connectivity index is 4.86. The van der Waals surface area contributed by atoms with Crippen LogP contribution in [-0.2, 0) is 0 Å². The standard InChI is InChI=1S/C20H35N/c1-7-12-14-19(17(6)9-3)15-20(11-5)21-16-18(10-4)13-8-2/h14,16-18H,5,7-10,12-13,15H2,1-4,6H3/b19-14-,21-16?. The van der Waals surface area contributed by atoms with Crippen LogP contribution >= 0.6 is 0 Å². The molecule has 1 heteroatoms. The average Bonchev–Trinajstić information content (AvgIpc) is 2.52. The molecular weight excluding hydrogens is 254 g/mol. The summed E-state index contributed by atoms with van der Waals surface area (Å²) in [4.78, 5) is 4.67. The van der Waals surface area contributed by atoms with Gasteiger partial charge >= 0.3 is 0 Å². The molecule has 21 heavy (non-hydrogen) atoms. The fourth-order valence-electron chi connectivity index (χ4n) is 2.34. The van der Waals surface area contributed by atoms with Crippen LogP contribution in [0.1, 0.15) is 79.6 Å². The van der Waals surface area contributed by atoms with E-state index in [1.807, 2.05) is 0 Å². The lowest BCUT2D eigenvalue weighted by molar-refractivity contribution is 0.603. The van der Waals surface area contributed by atoms with Gasteiger partial charge in [-0.15, -0.1) is 5.73 Å². The highest BCUT2D eigenvalue weighted by molar-refractivity contribution is 5.62. The van der Waals surface area contributed by atoms with Crippen molar-refractivity contribution >= 4 is 6.21 Å². The summed E-state index contributed by atoms with van der Waals surface area (Å²) in [5.41, 5.74) is 5.52. The number of hydrogen-bond acceptors (Lipinski definition) is 1. The lowest BCUT2D eigenvalue weighted by Crippen LogP contribution is -2.02. The normalized spacial score (nSPS) is 15.0. The molecule has 0 spiro atoms. The quantitative estimate of drug-likeness (QED) is 0.227. The Hall–Kier alpha value is -1.07. The Morgan fingerprint density at radius 3 is 2.33 bits per heavy atom. The second-order valence-electron chi connectivity index (χ2n) is 5.91. The zero-order valence-corrected chi connectivity index (χ0v) is 14.9. The molecule has 0 fully saturated rings. The average molecular weight is 290 g/mol. The monoisotopic (exact) mass is 289 g/mol. The first-order chi connectivity index (χ1) is 10.1. The number of unbranched alkanes of at least 4 members (excludes halogenated alkanes) is 1. The van der Waals surface area contributed by atoms with E-state index in [1.54, 1.807) is 0 Å². The molecule has 120 valence electrons. The Bertz CT molecular complexity index is 369. The first-order valence-corrected chi connectivity index (χ1v) is 8.74. The van der Waals surface area contributed by atoms with Gasteiger partial charge in [0, 0.05) is 12.6 Å². The Labute approximate surface area is 132 Å². The van der Waals surface area contributed by atoms with Crippen molar-refractivity contribution in [2.75, 3.05) is 0 Å². The van der Waals surface area contributed by atoms with Crippen molar-refractivity contribution in [3.05, 3.63) is 29.7 Å². The molecule has 0 aliphatic carbocycles. The fraction of sp³-hybridized carbons (Fsp3) is 0.700. The molecule has 0 saturated heterocycles. The van der Waals surface area contributed by atoms with Crippen molar-refractivity contribution in [3.63, 3.8) is 0 Å². The topological polar surface area (TPSA) is 12.4 Å². The molecule has 0 saturated carbocycles. The summed E-state index contributed by atoms with van der Waals surface area (Å²) < 4.78 is 0. The maximum Gasteiger partial charge on any atom is 0.0851 e. The number of hydrogen-bond donors (Lipinski definition) is 0. The first kappa shape index (κ1) is 19.9. The van der Waals surface area contributed by atoms with Crippen LogP contribution < -0.4 is 0 Å². The highest BCUT2D eigenvalue weighted by Crippen LogP contribution is 2.23. The van der Waals surface area contributed by atoms with Crippen molar-refractivity contribution in [1.29, 1.82) is 0 Å². The SMILES string of the molecule is C=C=C(C/C(=C/CCC)C(C)CC)N=CC(CC)CCC. The summed E-state index contributed by atoms with van der Waals surface area (Å²) in [6.45, 7) is 15.1. The molecule has 0 radical (unpaired) electrons. The van der Waals surface area contributed by atoms with Gasteiger partial charge < -0.3 is 0 Å². The van der Waals surface area contributed by atoms with Gasteiger partial charge in [-0.3, -0.25) is 4.99 Å². The smallest absolute Gasteiger partial charge is 0.0851 e. The number of allylic oxidation sites excluding steroid dienone is 2. The van der Waals surface area contributed by atoms with Gasteiger partial charge in [-0.05, 0) is 37.5 Å². The van der Waals surface area contributed by atoms with E-state index >= 15 is 0 Å². The van der Waals surface area contributed by atoms with E-state index in [2.05, 4.69) is 64.2 Å². The minimum atomic E-state index is 0.588. The Kier molecular flexibility index (Phi) is 12.0. The maximum absolute atomic E-state index is 4.67. The van der Waals surface area contributed by atoms with Crippen LogP contribution in [-0.4, -0.2) is 6.21 Å². The van der Waals surface area contributed by atoms with Crippen molar-refractivity contribution in [2.45, 2.75) is 79.6 Å². The zero-order valence-electron chi connectivity index (χ0n) is 14.9. The van der Waals surface area contributed by atoms with Crippen LogP contribution in [0.2, 0.25) is 0 Å². The lowest BCUT2D eigenvalue weighted by Gasteiger charge is -2.14. The van der Waals surface area contributed by atoms with Gasteiger partial charge in [0.05, 0.1) is 5.70 Å². The van der Waals surface area contributed by atoms with Crippen LogP contribution in [0.15, 0.2) is 34.6 Å². The van der Waals surface area contributed by atoms with Gasteiger partial charge in [0.2, 0.25) is 0 Å². The molecule has 0 bridgehead atoms. The maximum atomic E-state index is 4.67. The molecule has 0 aliphatic rings. The Morgan fingerprint density at radius 1 is 1.14 bits per heavy atom. The highest BCUT2D eigenvalue weighted by atomic mass is 14.7. The van der Waals surface area contributed by atoms with Gasteiger partial charge in [-0.1, -0.05) is 65.7 Å². The number of nitrogens with zero attached hydrogens (tertiary/aromatic N) is 1. The number of aliphatic imine (C=N–C) groups is 1. The molecule has 0 aromatic heterocycles. The van der Waals surface area contributed by atoms with E-state index in [0.29, 0.717) is 11.8 Å². The van der Waals surface area contributed by atoms with E-state index in [9.17, 15) is 0 Å². The summed E-state index contributed by atoms with van der Waals surface area (Å²) in [5.74, 6) is 1.21. The molecule has 0 aromatic carbocycles. The van der Waals surface area contributed by atoms with Crippen LogP contribution in [0, 0.1) is 11.8 Å². The predicted octanol–water partition coefficient (Wildman–Crippen LogP) is 6.72. The first-order valence-electron chi connectivity index (χ1n) is 8.74. The molecule has 0 aliphatic heterocycles. The van der Waals surface area contributed by atoms with Crippen LogP contribution in [0.4, 0.5) is 0 Å². The molecule has 2 unspecified atom stereocenters. The minimum absolute atomic E-state index is 0.588. The largest absolute Gasteiger partial charge is 0.257 e. The molecule has 1 nitrogen and oxygen atoms in total. The molecule has 0 aromatic rings. The summed E-state index contributed by atoms with van der Waals surface area (Å²) in [6, 6.07) is 0. The van der Waals surface area contributed by atoms with Crippen molar-refractivity contribution in [2.24, 2.45) is 16.8 Å². The fourth-order valence-corrected chi connectivity index (χ4v) is 2.34. The van der Waals surface area contributed by atoms with Gasteiger partial charge in [-0.25, -0.2) is 0 Å². The molecule has 0 N–H and O–H groups in total. The summed E-state index contributed by atoms with van der Waals surface area (Å²) in [6.07, 6.45) is 12.5. The number of rotatable bonds is 11. The van der Waals surface area contributed by atoms with Crippen molar-refractivity contribution < 1.29 is 0 Å². The van der Waals surface area contributed by atoms with Gasteiger partial charge in [0.25, 0.3) is 0 Å². The summed E-state index contributed by atoms with van der Waals surface area (Å²) in [7, 11) is 0. The zero-order chi connectivity index (χ0) is 16.1. The second-order valence-corrected chi connectivity index (χ2v) is 5.91. The van der Waals surface area contributed by atoms with Crippen LogP contribution in [0.3, 0.4) is 0 Å². The molecule has 0 amide bonds. The van der Waals surface area contributed by atoms with E-state index in [-0.39, 0.29) is 0 Å². The van der Waals surface area contributed by atoms with Crippen molar-refractivity contribution in [1.82, 2.24) is 0 Å². The molecule has 0 heterocycles. The van der Waals surface area contributed by atoms with Crippen LogP contribution in [0.5, 0.6) is 0 Å². The van der Waals surface area contributed by atoms with E-state index < -0.39 is 0 Å². The lowest BCUT2D eigenvalue weighted by atomic mass is 9.93. The highest BCUT2D eigenvalue weighted by Gasteiger charge is 2.09. The van der Waals surface area contributed by atoms with Gasteiger partial charge in [0.1, 0.15) is 0 Å².